The maximum atomic E-state index is 13.5. The number of alkyl halides is 3. The number of rotatable bonds is 5. The molecule has 1 unspecified atom stereocenters. The Morgan fingerprint density at radius 3 is 2.38 bits per heavy atom. The fourth-order valence-corrected chi connectivity index (χ4v) is 3.64. The molecule has 2 aromatic heterocycles. The van der Waals surface area contributed by atoms with Crippen LogP contribution in [0.4, 0.5) is 18.3 Å². The number of amides is 1. The van der Waals surface area contributed by atoms with Gasteiger partial charge in [-0.2, -0.15) is 13.2 Å². The smallest absolute Gasteiger partial charge is 0.434 e. The van der Waals surface area contributed by atoms with Crippen LogP contribution in [0.15, 0.2) is 6.33 Å². The van der Waals surface area contributed by atoms with Gasteiger partial charge in [-0.25, -0.2) is 15.0 Å². The molecular weight excluding hydrogens is 417 g/mol. The summed E-state index contributed by atoms with van der Waals surface area (Å²) in [6.07, 6.45) is -4.58. The number of hydrogen-bond acceptors (Lipinski definition) is 9. The van der Waals surface area contributed by atoms with Gasteiger partial charge in [0.15, 0.2) is 22.2 Å². The molecule has 0 aliphatic carbocycles. The van der Waals surface area contributed by atoms with Gasteiger partial charge in [-0.1, -0.05) is 11.3 Å². The maximum absolute atomic E-state index is 13.5. The maximum Gasteiger partial charge on any atom is 0.434 e. The van der Waals surface area contributed by atoms with Gasteiger partial charge in [-0.15, -0.1) is 0 Å². The van der Waals surface area contributed by atoms with E-state index in [-0.39, 0.29) is 33.9 Å². The van der Waals surface area contributed by atoms with Crippen molar-refractivity contribution < 1.29 is 36.9 Å². The van der Waals surface area contributed by atoms with Gasteiger partial charge in [-0.05, 0) is 13.8 Å². The third-order valence-corrected chi connectivity index (χ3v) is 4.90. The molecular formula is C16H17F3N4O5S. The summed E-state index contributed by atoms with van der Waals surface area (Å²) in [6.45, 7) is 3.12. The molecule has 0 saturated carbocycles. The zero-order chi connectivity index (χ0) is 21.4. The minimum absolute atomic E-state index is 0.0696. The van der Waals surface area contributed by atoms with Crippen molar-refractivity contribution in [2.24, 2.45) is 0 Å². The Morgan fingerprint density at radius 2 is 1.90 bits per heavy atom. The average molecular weight is 434 g/mol. The van der Waals surface area contributed by atoms with Crippen LogP contribution >= 0.6 is 11.3 Å². The highest BCUT2D eigenvalue weighted by atomic mass is 32.1. The van der Waals surface area contributed by atoms with Crippen molar-refractivity contribution >= 4 is 22.4 Å². The van der Waals surface area contributed by atoms with Gasteiger partial charge in [-0.3, -0.25) is 10.1 Å². The lowest BCUT2D eigenvalue weighted by Crippen LogP contribution is -2.20. The molecule has 13 heteroatoms. The monoisotopic (exact) mass is 434 g/mol. The van der Waals surface area contributed by atoms with Crippen molar-refractivity contribution in [1.82, 2.24) is 15.0 Å². The molecule has 1 amide bonds. The summed E-state index contributed by atoms with van der Waals surface area (Å²) in [5.41, 5.74) is -1.32. The molecule has 1 fully saturated rings. The number of carbonyl (C=O) groups excluding carboxylic acids is 1. The first-order valence-electron chi connectivity index (χ1n) is 8.19. The topological polar surface area (TPSA) is 105 Å². The van der Waals surface area contributed by atoms with E-state index in [0.29, 0.717) is 11.3 Å². The van der Waals surface area contributed by atoms with E-state index < -0.39 is 29.7 Å². The lowest BCUT2D eigenvalue weighted by molar-refractivity contribution is -0.148. The number of nitrogens with zero attached hydrogens (tertiary/aromatic N) is 3. The van der Waals surface area contributed by atoms with E-state index in [1.165, 1.54) is 14.2 Å². The van der Waals surface area contributed by atoms with Gasteiger partial charge in [0.1, 0.15) is 12.4 Å². The van der Waals surface area contributed by atoms with Gasteiger partial charge >= 0.3 is 6.18 Å². The molecule has 1 aliphatic heterocycles. The summed E-state index contributed by atoms with van der Waals surface area (Å²) in [4.78, 5) is 23.6. The Balaban J connectivity index is 1.94. The molecule has 158 valence electrons. The second kappa shape index (κ2) is 7.72. The second-order valence-corrected chi connectivity index (χ2v) is 7.30. The number of carbonyl (C=O) groups is 1. The second-order valence-electron chi connectivity index (χ2n) is 6.27. The van der Waals surface area contributed by atoms with Crippen molar-refractivity contribution in [3.05, 3.63) is 22.5 Å². The zero-order valence-electron chi connectivity index (χ0n) is 15.8. The van der Waals surface area contributed by atoms with Crippen LogP contribution in [0.2, 0.25) is 0 Å². The molecule has 1 aliphatic rings. The van der Waals surface area contributed by atoms with Crippen molar-refractivity contribution in [2.45, 2.75) is 31.9 Å². The zero-order valence-corrected chi connectivity index (χ0v) is 16.6. The summed E-state index contributed by atoms with van der Waals surface area (Å²) in [7, 11) is 2.56. The van der Waals surface area contributed by atoms with Gasteiger partial charge < -0.3 is 18.9 Å². The molecule has 29 heavy (non-hydrogen) atoms. The summed E-state index contributed by atoms with van der Waals surface area (Å²) in [5.74, 6) is -2.06. The Morgan fingerprint density at radius 1 is 1.28 bits per heavy atom. The Bertz CT molecular complexity index is 896. The molecule has 0 radical (unpaired) electrons. The molecule has 1 atom stereocenters. The van der Waals surface area contributed by atoms with Crippen molar-refractivity contribution in [3.8, 4) is 11.8 Å². The van der Waals surface area contributed by atoms with E-state index in [1.807, 2.05) is 0 Å². The first-order valence-corrected chi connectivity index (χ1v) is 9.01. The van der Waals surface area contributed by atoms with Gasteiger partial charge in [0.2, 0.25) is 11.8 Å². The van der Waals surface area contributed by atoms with Crippen LogP contribution in [0.3, 0.4) is 0 Å². The van der Waals surface area contributed by atoms with Crippen LogP contribution in [0.25, 0.3) is 0 Å². The number of hydrogen-bond donors (Lipinski definition) is 1. The van der Waals surface area contributed by atoms with Gasteiger partial charge in [0, 0.05) is 0 Å². The molecule has 9 nitrogen and oxygen atoms in total. The van der Waals surface area contributed by atoms with Gasteiger partial charge in [0.05, 0.1) is 25.7 Å². The molecule has 0 bridgehead atoms. The quantitative estimate of drug-likeness (QED) is 0.766. The van der Waals surface area contributed by atoms with E-state index in [4.69, 9.17) is 18.9 Å². The number of methoxy groups -OCH3 is 2. The minimum Gasteiger partial charge on any atom is -0.480 e. The van der Waals surface area contributed by atoms with Crippen LogP contribution in [0, 0.1) is 0 Å². The fraction of sp³-hybridized carbons (Fsp3) is 0.500. The van der Waals surface area contributed by atoms with Crippen molar-refractivity contribution in [2.75, 3.05) is 26.1 Å². The van der Waals surface area contributed by atoms with E-state index >= 15 is 0 Å². The predicted molar refractivity (Wildman–Crippen MR) is 94.1 cm³/mol. The molecule has 3 rings (SSSR count). The number of ether oxygens (including phenoxy) is 4. The molecule has 1 N–H and O–H groups in total. The lowest BCUT2D eigenvalue weighted by atomic mass is 10.2. The van der Waals surface area contributed by atoms with Crippen LogP contribution in [-0.4, -0.2) is 47.5 Å². The molecule has 1 saturated heterocycles. The Kier molecular flexibility index (Phi) is 5.65. The highest BCUT2D eigenvalue weighted by molar-refractivity contribution is 7.16. The summed E-state index contributed by atoms with van der Waals surface area (Å²) in [6, 6.07) is 0. The van der Waals surface area contributed by atoms with E-state index in [0.717, 1.165) is 6.33 Å². The average Bonchev–Trinajstić information content (AvgIpc) is 3.23. The number of thiazole rings is 1. The molecule has 3 heterocycles. The number of aromatic nitrogens is 3. The first kappa shape index (κ1) is 21.2. The van der Waals surface area contributed by atoms with Crippen molar-refractivity contribution in [1.29, 1.82) is 0 Å². The van der Waals surface area contributed by atoms with Gasteiger partial charge in [0.25, 0.3) is 5.91 Å². The lowest BCUT2D eigenvalue weighted by Gasteiger charge is -2.17. The molecule has 0 aromatic carbocycles. The first-order chi connectivity index (χ1) is 13.6. The van der Waals surface area contributed by atoms with Crippen LogP contribution in [0.5, 0.6) is 11.8 Å². The normalized spacial score (nSPS) is 18.5. The van der Waals surface area contributed by atoms with Crippen LogP contribution in [-0.2, 0) is 15.7 Å². The largest absolute Gasteiger partial charge is 0.480 e. The van der Waals surface area contributed by atoms with E-state index in [2.05, 4.69) is 20.3 Å². The van der Waals surface area contributed by atoms with E-state index in [9.17, 15) is 18.0 Å². The third-order valence-electron chi connectivity index (χ3n) is 3.83. The standard InChI is InChI=1S/C16H17F3N4O5S/c1-15(2)27-5-7(28-15)9-10(16(17,18)19)22-14(29-9)23-11(24)8-12(25-3)20-6-21-13(8)26-4/h6-7H,5H2,1-4H3,(H,22,23,24). The summed E-state index contributed by atoms with van der Waals surface area (Å²) >= 11 is 0.644. The Hall–Kier alpha value is -2.51. The van der Waals surface area contributed by atoms with E-state index in [1.54, 1.807) is 13.8 Å². The number of anilines is 1. The molecule has 2 aromatic rings. The number of nitrogens with one attached hydrogen (secondary N) is 1. The predicted octanol–water partition coefficient (Wildman–Crippen LogP) is 3.05. The molecule has 0 spiro atoms. The number of halogens is 3. The Labute approximate surface area is 167 Å². The minimum atomic E-state index is -4.74. The SMILES string of the molecule is COc1ncnc(OC)c1C(=O)Nc1nc(C(F)(F)F)c(C2COC(C)(C)O2)s1. The highest BCUT2D eigenvalue weighted by Crippen LogP contribution is 2.44. The fourth-order valence-electron chi connectivity index (χ4n) is 2.64. The summed E-state index contributed by atoms with van der Waals surface area (Å²) < 4.78 is 61.3. The van der Waals surface area contributed by atoms with Crippen LogP contribution < -0.4 is 14.8 Å². The third kappa shape index (κ3) is 4.41. The highest BCUT2D eigenvalue weighted by Gasteiger charge is 2.44. The summed E-state index contributed by atoms with van der Waals surface area (Å²) in [5, 5.41) is 2.04. The van der Waals surface area contributed by atoms with Crippen LogP contribution in [0.1, 0.15) is 40.9 Å². The van der Waals surface area contributed by atoms with Crippen molar-refractivity contribution in [3.63, 3.8) is 0 Å².